The average molecular weight is 484 g/mol. The van der Waals surface area contributed by atoms with E-state index in [1.54, 1.807) is 50.3 Å². The third-order valence-electron chi connectivity index (χ3n) is 7.94. The van der Waals surface area contributed by atoms with Gasteiger partial charge < -0.3 is 0 Å². The molecule has 0 N–H and O–H groups in total. The summed E-state index contributed by atoms with van der Waals surface area (Å²) in [6.07, 6.45) is 42.1. The van der Waals surface area contributed by atoms with Crippen molar-refractivity contribution in [2.75, 3.05) is 24.6 Å². The molecule has 0 heterocycles. The molecule has 0 aliphatic carbocycles. The Morgan fingerprint density at radius 1 is 0.242 bits per heavy atom. The number of hydrogen-bond donors (Lipinski definition) is 0. The van der Waals surface area contributed by atoms with Gasteiger partial charge in [0.2, 0.25) is 0 Å². The Labute approximate surface area is 213 Å². The van der Waals surface area contributed by atoms with Crippen molar-refractivity contribution in [3.05, 3.63) is 0 Å². The maximum absolute atomic E-state index is 2.35. The summed E-state index contributed by atoms with van der Waals surface area (Å²) in [6, 6.07) is 0. The van der Waals surface area contributed by atoms with E-state index in [1.807, 2.05) is 0 Å². The van der Waals surface area contributed by atoms with Gasteiger partial charge in [-0.3, -0.25) is 0 Å². The van der Waals surface area contributed by atoms with E-state index in [1.165, 1.54) is 128 Å². The number of rotatable bonds is 28. The highest BCUT2D eigenvalue weighted by Gasteiger charge is 2.34. The molecule has 0 nitrogen and oxygen atoms in total. The van der Waals surface area contributed by atoms with E-state index in [4.69, 9.17) is 0 Å². The van der Waals surface area contributed by atoms with Crippen molar-refractivity contribution in [1.29, 1.82) is 0 Å². The van der Waals surface area contributed by atoms with Gasteiger partial charge >= 0.3 is 0 Å². The molecule has 0 saturated heterocycles. The molecule has 200 valence electrons. The lowest BCUT2D eigenvalue weighted by Gasteiger charge is -2.28. The quantitative estimate of drug-likeness (QED) is 0.0766. The van der Waals surface area contributed by atoms with Gasteiger partial charge in [-0.05, 0) is 51.4 Å². The van der Waals surface area contributed by atoms with E-state index in [-0.39, 0.29) is 0 Å². The van der Waals surface area contributed by atoms with Crippen molar-refractivity contribution in [2.24, 2.45) is 0 Å². The molecule has 1 heteroatoms. The van der Waals surface area contributed by atoms with Crippen LogP contribution < -0.4 is 0 Å². The Morgan fingerprint density at radius 2 is 0.424 bits per heavy atom. The van der Waals surface area contributed by atoms with Gasteiger partial charge in [0.15, 0.2) is 0 Å². The fourth-order valence-corrected chi connectivity index (χ4v) is 10.5. The minimum Gasteiger partial charge on any atom is -0.0654 e. The van der Waals surface area contributed by atoms with E-state index in [2.05, 4.69) is 27.7 Å². The maximum atomic E-state index is 2.35. The summed E-state index contributed by atoms with van der Waals surface area (Å²) in [5.41, 5.74) is 0. The summed E-state index contributed by atoms with van der Waals surface area (Å²) in [6.45, 7) is 9.39. The molecule has 0 aliphatic rings. The van der Waals surface area contributed by atoms with Crippen LogP contribution in [-0.2, 0) is 0 Å². The van der Waals surface area contributed by atoms with Crippen LogP contribution in [0.4, 0.5) is 0 Å². The first-order valence-corrected chi connectivity index (χ1v) is 18.6. The molecular weight excluding hydrogens is 415 g/mol. The van der Waals surface area contributed by atoms with Crippen molar-refractivity contribution in [3.63, 3.8) is 0 Å². The van der Waals surface area contributed by atoms with Gasteiger partial charge in [0.25, 0.3) is 0 Å². The smallest absolute Gasteiger partial charge is 0.0594 e. The molecule has 0 rings (SSSR count). The van der Waals surface area contributed by atoms with E-state index >= 15 is 0 Å². The number of unbranched alkanes of at least 4 members (excludes halogenated alkanes) is 20. The molecule has 0 aromatic heterocycles. The monoisotopic (exact) mass is 484 g/mol. The van der Waals surface area contributed by atoms with Crippen molar-refractivity contribution in [2.45, 2.75) is 182 Å². The summed E-state index contributed by atoms with van der Waals surface area (Å²) in [4.78, 5) is 0. The molecule has 0 amide bonds. The fourth-order valence-electron chi connectivity index (χ4n) is 5.58. The van der Waals surface area contributed by atoms with Gasteiger partial charge in [0, 0.05) is 7.26 Å². The zero-order chi connectivity index (χ0) is 24.3. The van der Waals surface area contributed by atoms with Crippen LogP contribution in [0.15, 0.2) is 0 Å². The van der Waals surface area contributed by atoms with Crippen LogP contribution in [0.5, 0.6) is 0 Å². The number of hydrogen-bond acceptors (Lipinski definition) is 0. The van der Waals surface area contributed by atoms with E-state index in [9.17, 15) is 0 Å². The SMILES string of the molecule is CCCCCCCCCCC[P+](CCCCCCC)(CCCCCCC)CCCCCCC. The van der Waals surface area contributed by atoms with Gasteiger partial charge in [-0.25, -0.2) is 0 Å². The largest absolute Gasteiger partial charge is 0.0654 e. The molecule has 0 saturated carbocycles. The van der Waals surface area contributed by atoms with Gasteiger partial charge in [-0.15, -0.1) is 0 Å². The molecule has 0 bridgehead atoms. The van der Waals surface area contributed by atoms with Crippen LogP contribution in [-0.4, -0.2) is 24.6 Å². The summed E-state index contributed by atoms with van der Waals surface area (Å²) >= 11 is 0. The predicted octanol–water partition coefficient (Wildman–Crippen LogP) is 12.4. The maximum Gasteiger partial charge on any atom is 0.0594 e. The fraction of sp³-hybridized carbons (Fsp3) is 1.00. The molecule has 0 radical (unpaired) electrons. The van der Waals surface area contributed by atoms with Crippen molar-refractivity contribution >= 4 is 7.26 Å². The highest BCUT2D eigenvalue weighted by Crippen LogP contribution is 2.61. The normalized spacial score (nSPS) is 12.0. The van der Waals surface area contributed by atoms with Crippen LogP contribution in [0.1, 0.15) is 182 Å². The summed E-state index contributed by atoms with van der Waals surface area (Å²) < 4.78 is 0. The van der Waals surface area contributed by atoms with Gasteiger partial charge in [-0.2, -0.15) is 0 Å². The third kappa shape index (κ3) is 22.6. The Hall–Kier alpha value is 0.430. The first kappa shape index (κ1) is 33.4. The van der Waals surface area contributed by atoms with Crippen LogP contribution in [0.2, 0.25) is 0 Å². The summed E-state index contributed by atoms with van der Waals surface area (Å²) in [5, 5.41) is 0. The van der Waals surface area contributed by atoms with E-state index < -0.39 is 7.26 Å². The second kappa shape index (κ2) is 27.0. The lowest BCUT2D eigenvalue weighted by atomic mass is 10.1. The molecule has 33 heavy (non-hydrogen) atoms. The highest BCUT2D eigenvalue weighted by molar-refractivity contribution is 7.75. The zero-order valence-corrected chi connectivity index (χ0v) is 25.1. The molecule has 0 unspecified atom stereocenters. The van der Waals surface area contributed by atoms with Crippen LogP contribution in [0.3, 0.4) is 0 Å². The van der Waals surface area contributed by atoms with Crippen LogP contribution >= 0.6 is 7.26 Å². The Morgan fingerprint density at radius 3 is 0.636 bits per heavy atom. The van der Waals surface area contributed by atoms with Gasteiger partial charge in [0.1, 0.15) is 0 Å². The van der Waals surface area contributed by atoms with Crippen molar-refractivity contribution < 1.29 is 0 Å². The van der Waals surface area contributed by atoms with Crippen LogP contribution in [0, 0.1) is 0 Å². The molecule has 0 aromatic carbocycles. The minimum atomic E-state index is -0.712. The third-order valence-corrected chi connectivity index (χ3v) is 13.0. The van der Waals surface area contributed by atoms with E-state index in [0.717, 1.165) is 0 Å². The molecule has 0 aliphatic heterocycles. The lowest BCUT2D eigenvalue weighted by molar-refractivity contribution is 0.572. The Kier molecular flexibility index (Phi) is 27.4. The van der Waals surface area contributed by atoms with Crippen molar-refractivity contribution in [3.8, 4) is 0 Å². The average Bonchev–Trinajstić information content (AvgIpc) is 2.82. The minimum absolute atomic E-state index is 0.712. The molecule has 0 aromatic rings. The molecule has 0 spiro atoms. The molecular formula is C32H68P+. The van der Waals surface area contributed by atoms with Crippen molar-refractivity contribution in [1.82, 2.24) is 0 Å². The highest BCUT2D eigenvalue weighted by atomic mass is 31.2. The lowest BCUT2D eigenvalue weighted by Crippen LogP contribution is -2.13. The van der Waals surface area contributed by atoms with E-state index in [0.29, 0.717) is 0 Å². The first-order chi connectivity index (χ1) is 16.2. The zero-order valence-electron chi connectivity index (χ0n) is 24.2. The second-order valence-corrected chi connectivity index (χ2v) is 15.8. The Balaban J connectivity index is 4.62. The predicted molar refractivity (Wildman–Crippen MR) is 160 cm³/mol. The Bertz CT molecular complexity index is 314. The standard InChI is InChI=1S/C32H68P/c1-5-9-13-17-18-19-20-24-28-32-33(29-25-21-14-10-6-2,30-26-22-15-11-7-3)31-27-23-16-12-8-4/h5-32H2,1-4H3/q+1. The summed E-state index contributed by atoms with van der Waals surface area (Å²) in [7, 11) is -0.712. The van der Waals surface area contributed by atoms with Gasteiger partial charge in [-0.1, -0.05) is 130 Å². The summed E-state index contributed by atoms with van der Waals surface area (Å²) in [5.74, 6) is 0. The molecule has 0 fully saturated rings. The topological polar surface area (TPSA) is 0 Å². The van der Waals surface area contributed by atoms with Crippen LogP contribution in [0.25, 0.3) is 0 Å². The second-order valence-electron chi connectivity index (χ2n) is 11.3. The molecule has 0 atom stereocenters. The first-order valence-electron chi connectivity index (χ1n) is 16.1. The van der Waals surface area contributed by atoms with Gasteiger partial charge in [0.05, 0.1) is 24.6 Å².